The molecule has 0 unspecified atom stereocenters. The molecule has 0 saturated carbocycles. The van der Waals surface area contributed by atoms with Gasteiger partial charge in [-0.2, -0.15) is 0 Å². The molecular formula is C14H19NO3. The van der Waals surface area contributed by atoms with E-state index in [-0.39, 0.29) is 18.4 Å². The Morgan fingerprint density at radius 1 is 1.50 bits per heavy atom. The van der Waals surface area contributed by atoms with Gasteiger partial charge >= 0.3 is 0 Å². The van der Waals surface area contributed by atoms with Crippen molar-refractivity contribution in [2.75, 3.05) is 25.7 Å². The quantitative estimate of drug-likeness (QED) is 0.881. The van der Waals surface area contributed by atoms with Crippen LogP contribution in [0.3, 0.4) is 0 Å². The number of fused-ring (bicyclic) bond motifs is 1. The third-order valence-electron chi connectivity index (χ3n) is 3.50. The number of carbonyl (C=O) groups is 1. The molecule has 1 N–H and O–H groups in total. The number of methoxy groups -OCH3 is 1. The van der Waals surface area contributed by atoms with E-state index in [1.807, 2.05) is 18.2 Å². The molecule has 0 fully saturated rings. The average molecular weight is 249 g/mol. The zero-order valence-electron chi connectivity index (χ0n) is 10.8. The molecule has 0 aliphatic carbocycles. The van der Waals surface area contributed by atoms with Gasteiger partial charge in [0.05, 0.1) is 7.11 Å². The fourth-order valence-electron chi connectivity index (χ4n) is 2.49. The molecule has 2 rings (SSSR count). The van der Waals surface area contributed by atoms with Crippen LogP contribution in [0, 0.1) is 5.92 Å². The van der Waals surface area contributed by atoms with Gasteiger partial charge in [0.15, 0.2) is 0 Å². The molecule has 1 heterocycles. The zero-order chi connectivity index (χ0) is 13.1. The Kier molecular flexibility index (Phi) is 3.87. The Hall–Kier alpha value is -1.55. The topological polar surface area (TPSA) is 49.8 Å². The maximum absolute atomic E-state index is 12.2. The van der Waals surface area contributed by atoms with Gasteiger partial charge in [0.2, 0.25) is 5.91 Å². The lowest BCUT2D eigenvalue weighted by Gasteiger charge is -2.31. The van der Waals surface area contributed by atoms with Crippen molar-refractivity contribution >= 4 is 11.6 Å². The van der Waals surface area contributed by atoms with E-state index in [9.17, 15) is 4.79 Å². The molecule has 1 aliphatic rings. The standard InChI is InChI=1S/C14H19NO3/c1-15-13-6-5-12(18-2)9-11(13)8-10(14(15)17)4-3-7-16/h5-6,9-10,16H,3-4,7-8H2,1-2H3/t10-/m0/s1. The number of hydrogen-bond acceptors (Lipinski definition) is 3. The molecule has 98 valence electrons. The molecule has 4 heteroatoms. The summed E-state index contributed by atoms with van der Waals surface area (Å²) in [6.07, 6.45) is 2.13. The number of aliphatic hydroxyl groups excluding tert-OH is 1. The second-order valence-corrected chi connectivity index (χ2v) is 4.66. The molecule has 0 saturated heterocycles. The summed E-state index contributed by atoms with van der Waals surface area (Å²) in [5.41, 5.74) is 2.10. The summed E-state index contributed by atoms with van der Waals surface area (Å²) in [5.74, 6) is 0.931. The van der Waals surface area contributed by atoms with Crippen LogP contribution in [-0.2, 0) is 11.2 Å². The number of carbonyl (C=O) groups excluding carboxylic acids is 1. The van der Waals surface area contributed by atoms with Gasteiger partial charge in [0.1, 0.15) is 5.75 Å². The van der Waals surface area contributed by atoms with E-state index < -0.39 is 0 Å². The molecule has 0 bridgehead atoms. The number of amides is 1. The van der Waals surface area contributed by atoms with Crippen LogP contribution in [0.2, 0.25) is 0 Å². The van der Waals surface area contributed by atoms with Gasteiger partial charge in [-0.05, 0) is 43.0 Å². The molecule has 0 radical (unpaired) electrons. The highest BCUT2D eigenvalue weighted by atomic mass is 16.5. The lowest BCUT2D eigenvalue weighted by atomic mass is 9.88. The first-order valence-electron chi connectivity index (χ1n) is 6.22. The monoisotopic (exact) mass is 249 g/mol. The summed E-state index contributed by atoms with van der Waals surface area (Å²) >= 11 is 0. The minimum Gasteiger partial charge on any atom is -0.497 e. The van der Waals surface area contributed by atoms with Crippen LogP contribution < -0.4 is 9.64 Å². The Labute approximate surface area is 107 Å². The molecule has 4 nitrogen and oxygen atoms in total. The van der Waals surface area contributed by atoms with E-state index in [4.69, 9.17) is 9.84 Å². The third-order valence-corrected chi connectivity index (χ3v) is 3.50. The Morgan fingerprint density at radius 3 is 2.94 bits per heavy atom. The number of rotatable bonds is 4. The van der Waals surface area contributed by atoms with Crippen molar-refractivity contribution in [1.82, 2.24) is 0 Å². The van der Waals surface area contributed by atoms with Crippen LogP contribution in [0.1, 0.15) is 18.4 Å². The summed E-state index contributed by atoms with van der Waals surface area (Å²) < 4.78 is 5.22. The van der Waals surface area contributed by atoms with E-state index >= 15 is 0 Å². The maximum Gasteiger partial charge on any atom is 0.230 e. The first-order valence-corrected chi connectivity index (χ1v) is 6.22. The number of anilines is 1. The fraction of sp³-hybridized carbons (Fsp3) is 0.500. The number of ether oxygens (including phenoxy) is 1. The number of benzene rings is 1. The van der Waals surface area contributed by atoms with Gasteiger partial charge in [-0.3, -0.25) is 4.79 Å². The zero-order valence-corrected chi connectivity index (χ0v) is 10.8. The van der Waals surface area contributed by atoms with E-state index in [1.54, 1.807) is 19.1 Å². The van der Waals surface area contributed by atoms with Crippen molar-refractivity contribution in [3.05, 3.63) is 23.8 Å². The highest BCUT2D eigenvalue weighted by Gasteiger charge is 2.30. The van der Waals surface area contributed by atoms with Crippen LogP contribution in [0.5, 0.6) is 5.75 Å². The predicted octanol–water partition coefficient (Wildman–Crippen LogP) is 1.60. The minimum absolute atomic E-state index is 0.0262. The van der Waals surface area contributed by atoms with Crippen LogP contribution in [0.25, 0.3) is 0 Å². The van der Waals surface area contributed by atoms with Gasteiger partial charge in [-0.25, -0.2) is 0 Å². The largest absolute Gasteiger partial charge is 0.497 e. The average Bonchev–Trinajstić information content (AvgIpc) is 2.40. The van der Waals surface area contributed by atoms with E-state index in [0.29, 0.717) is 6.42 Å². The smallest absolute Gasteiger partial charge is 0.230 e. The van der Waals surface area contributed by atoms with Crippen molar-refractivity contribution in [2.45, 2.75) is 19.3 Å². The van der Waals surface area contributed by atoms with Crippen molar-refractivity contribution in [3.63, 3.8) is 0 Å². The second kappa shape index (κ2) is 5.40. The first kappa shape index (κ1) is 12.9. The lowest BCUT2D eigenvalue weighted by Crippen LogP contribution is -2.38. The Bertz CT molecular complexity index is 445. The molecule has 0 spiro atoms. The number of aliphatic hydroxyl groups is 1. The van der Waals surface area contributed by atoms with E-state index in [2.05, 4.69) is 0 Å². The van der Waals surface area contributed by atoms with Crippen LogP contribution in [-0.4, -0.2) is 31.8 Å². The van der Waals surface area contributed by atoms with Crippen LogP contribution >= 0.6 is 0 Å². The Morgan fingerprint density at radius 2 is 2.28 bits per heavy atom. The molecule has 18 heavy (non-hydrogen) atoms. The second-order valence-electron chi connectivity index (χ2n) is 4.66. The molecule has 1 aliphatic heterocycles. The summed E-state index contributed by atoms with van der Waals surface area (Å²) in [4.78, 5) is 13.9. The highest BCUT2D eigenvalue weighted by molar-refractivity contribution is 5.97. The third kappa shape index (κ3) is 2.34. The van der Waals surface area contributed by atoms with Crippen molar-refractivity contribution in [2.24, 2.45) is 5.92 Å². The van der Waals surface area contributed by atoms with Crippen molar-refractivity contribution in [3.8, 4) is 5.75 Å². The number of hydrogen-bond donors (Lipinski definition) is 1. The van der Waals surface area contributed by atoms with E-state index in [1.165, 1.54) is 0 Å². The minimum atomic E-state index is -0.0262. The summed E-state index contributed by atoms with van der Waals surface area (Å²) in [5, 5.41) is 8.88. The molecule has 1 aromatic rings. The molecule has 1 aromatic carbocycles. The summed E-state index contributed by atoms with van der Waals surface area (Å²) in [7, 11) is 3.45. The predicted molar refractivity (Wildman–Crippen MR) is 69.9 cm³/mol. The molecule has 1 amide bonds. The van der Waals surface area contributed by atoms with E-state index in [0.717, 1.165) is 29.8 Å². The normalized spacial score (nSPS) is 18.7. The highest BCUT2D eigenvalue weighted by Crippen LogP contribution is 2.33. The van der Waals surface area contributed by atoms with Crippen LogP contribution in [0.15, 0.2) is 18.2 Å². The van der Waals surface area contributed by atoms with Crippen molar-refractivity contribution < 1.29 is 14.6 Å². The van der Waals surface area contributed by atoms with Gasteiger partial charge < -0.3 is 14.7 Å². The number of nitrogens with zero attached hydrogens (tertiary/aromatic N) is 1. The Balaban J connectivity index is 2.26. The summed E-state index contributed by atoms with van der Waals surface area (Å²) in [6.45, 7) is 0.137. The first-order chi connectivity index (χ1) is 8.67. The van der Waals surface area contributed by atoms with Crippen LogP contribution in [0.4, 0.5) is 5.69 Å². The van der Waals surface area contributed by atoms with Gasteiger partial charge in [0.25, 0.3) is 0 Å². The van der Waals surface area contributed by atoms with Gasteiger partial charge in [0, 0.05) is 25.3 Å². The summed E-state index contributed by atoms with van der Waals surface area (Å²) in [6, 6.07) is 5.79. The fourth-order valence-corrected chi connectivity index (χ4v) is 2.49. The molecule has 0 aromatic heterocycles. The van der Waals surface area contributed by atoms with Gasteiger partial charge in [-0.1, -0.05) is 0 Å². The lowest BCUT2D eigenvalue weighted by molar-refractivity contribution is -0.122. The molecular weight excluding hydrogens is 230 g/mol. The van der Waals surface area contributed by atoms with Gasteiger partial charge in [-0.15, -0.1) is 0 Å². The van der Waals surface area contributed by atoms with Crippen molar-refractivity contribution in [1.29, 1.82) is 0 Å². The SMILES string of the molecule is COc1ccc2c(c1)C[C@H](CCCO)C(=O)N2C. The molecule has 1 atom stereocenters. The maximum atomic E-state index is 12.2.